The fraction of sp³-hybridized carbons (Fsp3) is 0.400. The summed E-state index contributed by atoms with van der Waals surface area (Å²) in [7, 11) is 0. The molecule has 0 spiro atoms. The number of hydrogen-bond donors (Lipinski definition) is 1. The van der Waals surface area contributed by atoms with Gasteiger partial charge in [-0.1, -0.05) is 30.7 Å². The molecule has 0 aliphatic heterocycles. The van der Waals surface area contributed by atoms with Crippen LogP contribution in [-0.4, -0.2) is 33.4 Å². The minimum Gasteiger partial charge on any atom is -0.550 e. The average Bonchev–Trinajstić information content (AvgIpc) is 2.53. The summed E-state index contributed by atoms with van der Waals surface area (Å²) >= 11 is 0. The van der Waals surface area contributed by atoms with Crippen LogP contribution in [0.5, 0.6) is 0 Å². The van der Waals surface area contributed by atoms with Gasteiger partial charge in [-0.25, -0.2) is 0 Å². The summed E-state index contributed by atoms with van der Waals surface area (Å²) in [6.07, 6.45) is 0.756. The van der Waals surface area contributed by atoms with E-state index in [0.29, 0.717) is 23.7 Å². The van der Waals surface area contributed by atoms with Gasteiger partial charge in [0.25, 0.3) is 5.56 Å². The zero-order valence-corrected chi connectivity index (χ0v) is 12.7. The van der Waals surface area contributed by atoms with Crippen molar-refractivity contribution in [1.82, 2.24) is 20.3 Å². The molecule has 0 saturated heterocycles. The molecule has 23 heavy (non-hydrogen) atoms. The van der Waals surface area contributed by atoms with Crippen LogP contribution < -0.4 is 16.0 Å². The number of carboxylic acid groups (broad SMARTS) is 1. The third-order valence-electron chi connectivity index (χ3n) is 3.38. The number of rotatable bonds is 7. The first-order valence-electron chi connectivity index (χ1n) is 7.36. The molecule has 0 aliphatic rings. The summed E-state index contributed by atoms with van der Waals surface area (Å²) in [6, 6.07) is 5.93. The van der Waals surface area contributed by atoms with E-state index < -0.39 is 23.5 Å². The van der Waals surface area contributed by atoms with Crippen molar-refractivity contribution in [2.75, 3.05) is 6.54 Å². The summed E-state index contributed by atoms with van der Waals surface area (Å²) in [5.41, 5.74) is 0.0606. The highest BCUT2D eigenvalue weighted by molar-refractivity contribution is 5.81. The van der Waals surface area contributed by atoms with Crippen LogP contribution in [0.3, 0.4) is 0 Å². The van der Waals surface area contributed by atoms with Gasteiger partial charge in [-0.3, -0.25) is 9.59 Å². The Bertz CT molecular complexity index is 771. The maximum Gasteiger partial charge on any atom is 0.278 e. The minimum atomic E-state index is -1.25. The summed E-state index contributed by atoms with van der Waals surface area (Å²) in [6.45, 7) is 1.82. The van der Waals surface area contributed by atoms with Gasteiger partial charge in [-0.05, 0) is 18.6 Å². The van der Waals surface area contributed by atoms with Crippen molar-refractivity contribution >= 4 is 22.8 Å². The molecule has 1 aromatic heterocycles. The topological polar surface area (TPSA) is 117 Å². The minimum absolute atomic E-state index is 0.0584. The fourth-order valence-electron chi connectivity index (χ4n) is 2.25. The number of aromatic nitrogens is 3. The lowest BCUT2D eigenvalue weighted by atomic mass is 10.1. The van der Waals surface area contributed by atoms with Crippen molar-refractivity contribution < 1.29 is 14.7 Å². The quantitative estimate of drug-likeness (QED) is 0.728. The molecule has 122 valence electrons. The second-order valence-corrected chi connectivity index (χ2v) is 5.07. The van der Waals surface area contributed by atoms with Crippen LogP contribution in [0, 0.1) is 0 Å². The van der Waals surface area contributed by atoms with Crippen LogP contribution >= 0.6 is 0 Å². The van der Waals surface area contributed by atoms with Crippen molar-refractivity contribution in [3.8, 4) is 0 Å². The molecule has 0 saturated carbocycles. The van der Waals surface area contributed by atoms with Gasteiger partial charge >= 0.3 is 0 Å². The van der Waals surface area contributed by atoms with Crippen molar-refractivity contribution in [2.45, 2.75) is 32.2 Å². The first-order chi connectivity index (χ1) is 11.0. The predicted octanol–water partition coefficient (Wildman–Crippen LogP) is -0.611. The normalized spacial score (nSPS) is 12.0. The SMILES string of the molecule is CCC[C@@H](C(=O)NCCC(=O)[O-])n1nnc2ccccc2c1=O. The maximum absolute atomic E-state index is 12.5. The van der Waals surface area contributed by atoms with Crippen molar-refractivity contribution in [3.05, 3.63) is 34.6 Å². The smallest absolute Gasteiger partial charge is 0.278 e. The third-order valence-corrected chi connectivity index (χ3v) is 3.38. The number of hydrogen-bond acceptors (Lipinski definition) is 6. The third kappa shape index (κ3) is 3.91. The molecule has 0 unspecified atom stereocenters. The molecule has 2 rings (SSSR count). The number of amides is 1. The number of benzene rings is 1. The number of carbonyl (C=O) groups excluding carboxylic acids is 2. The Hall–Kier alpha value is -2.77. The Balaban J connectivity index is 2.30. The number of nitrogens with one attached hydrogen (secondary N) is 1. The zero-order valence-electron chi connectivity index (χ0n) is 12.7. The maximum atomic E-state index is 12.5. The molecule has 8 heteroatoms. The molecular formula is C15H17N4O4-. The Morgan fingerprint density at radius 1 is 1.35 bits per heavy atom. The van der Waals surface area contributed by atoms with Crippen molar-refractivity contribution in [2.24, 2.45) is 0 Å². The lowest BCUT2D eigenvalue weighted by Crippen LogP contribution is -2.40. The highest BCUT2D eigenvalue weighted by atomic mass is 16.4. The Labute approximate surface area is 132 Å². The molecule has 1 amide bonds. The van der Waals surface area contributed by atoms with Crippen LogP contribution in [0.15, 0.2) is 29.1 Å². The zero-order chi connectivity index (χ0) is 16.8. The largest absolute Gasteiger partial charge is 0.550 e. The van der Waals surface area contributed by atoms with Gasteiger partial charge in [-0.2, -0.15) is 4.68 Å². The molecule has 2 aromatic rings. The number of aliphatic carboxylic acids is 1. The van der Waals surface area contributed by atoms with E-state index in [9.17, 15) is 19.5 Å². The van der Waals surface area contributed by atoms with Gasteiger partial charge in [-0.15, -0.1) is 5.10 Å². The Kier molecular flexibility index (Phi) is 5.40. The average molecular weight is 317 g/mol. The summed E-state index contributed by atoms with van der Waals surface area (Å²) in [4.78, 5) is 35.2. The standard InChI is InChI=1S/C15H18N4O4/c1-2-5-12(14(22)16-9-8-13(20)21)19-15(23)10-6-3-4-7-11(10)17-18-19/h3-4,6-7,12H,2,5,8-9H2,1H3,(H,16,22)(H,20,21)/p-1/t12-/m0/s1. The molecule has 8 nitrogen and oxygen atoms in total. The molecule has 1 heterocycles. The van der Waals surface area contributed by atoms with Gasteiger partial charge in [0.05, 0.1) is 5.39 Å². The Morgan fingerprint density at radius 2 is 2.09 bits per heavy atom. The van der Waals surface area contributed by atoms with E-state index in [4.69, 9.17) is 0 Å². The van der Waals surface area contributed by atoms with Crippen molar-refractivity contribution in [3.63, 3.8) is 0 Å². The highest BCUT2D eigenvalue weighted by Crippen LogP contribution is 2.12. The van der Waals surface area contributed by atoms with E-state index >= 15 is 0 Å². The summed E-state index contributed by atoms with van der Waals surface area (Å²) < 4.78 is 1.06. The van der Waals surface area contributed by atoms with E-state index in [1.54, 1.807) is 24.3 Å². The summed E-state index contributed by atoms with van der Waals surface area (Å²) in [5.74, 6) is -1.71. The number of carbonyl (C=O) groups is 2. The number of carboxylic acids is 1. The van der Waals surface area contributed by atoms with Crippen LogP contribution in [0.25, 0.3) is 10.9 Å². The summed E-state index contributed by atoms with van der Waals surface area (Å²) in [5, 5.41) is 21.1. The molecule has 0 aliphatic carbocycles. The van der Waals surface area contributed by atoms with E-state index in [0.717, 1.165) is 4.68 Å². The second-order valence-electron chi connectivity index (χ2n) is 5.07. The van der Waals surface area contributed by atoms with Crippen LogP contribution in [-0.2, 0) is 9.59 Å². The van der Waals surface area contributed by atoms with E-state index in [2.05, 4.69) is 15.6 Å². The van der Waals surface area contributed by atoms with Crippen LogP contribution in [0.4, 0.5) is 0 Å². The second kappa shape index (κ2) is 7.48. The fourth-order valence-corrected chi connectivity index (χ4v) is 2.25. The first-order valence-corrected chi connectivity index (χ1v) is 7.36. The first kappa shape index (κ1) is 16.6. The van der Waals surface area contributed by atoms with Crippen LogP contribution in [0.1, 0.15) is 32.2 Å². The molecular weight excluding hydrogens is 300 g/mol. The van der Waals surface area contributed by atoms with Gasteiger partial charge in [0.15, 0.2) is 0 Å². The monoisotopic (exact) mass is 317 g/mol. The lowest BCUT2D eigenvalue weighted by molar-refractivity contribution is -0.305. The van der Waals surface area contributed by atoms with Gasteiger partial charge in [0.2, 0.25) is 5.91 Å². The molecule has 1 N–H and O–H groups in total. The number of nitrogens with zero attached hydrogens (tertiary/aromatic N) is 3. The molecule has 1 atom stereocenters. The molecule has 0 fully saturated rings. The molecule has 1 aromatic carbocycles. The van der Waals surface area contributed by atoms with Gasteiger partial charge < -0.3 is 15.2 Å². The van der Waals surface area contributed by atoms with E-state index in [-0.39, 0.29) is 13.0 Å². The van der Waals surface area contributed by atoms with Crippen LogP contribution in [0.2, 0.25) is 0 Å². The van der Waals surface area contributed by atoms with E-state index in [1.807, 2.05) is 6.92 Å². The Morgan fingerprint density at radius 3 is 2.78 bits per heavy atom. The molecule has 0 bridgehead atoms. The highest BCUT2D eigenvalue weighted by Gasteiger charge is 2.22. The van der Waals surface area contributed by atoms with Gasteiger partial charge in [0.1, 0.15) is 11.6 Å². The van der Waals surface area contributed by atoms with Gasteiger partial charge in [0, 0.05) is 18.9 Å². The van der Waals surface area contributed by atoms with Crippen molar-refractivity contribution in [1.29, 1.82) is 0 Å². The number of fused-ring (bicyclic) bond motifs is 1. The lowest BCUT2D eigenvalue weighted by Gasteiger charge is -2.17. The van der Waals surface area contributed by atoms with E-state index in [1.165, 1.54) is 0 Å². The predicted molar refractivity (Wildman–Crippen MR) is 80.4 cm³/mol. The molecule has 0 radical (unpaired) electrons.